The summed E-state index contributed by atoms with van der Waals surface area (Å²) in [6.07, 6.45) is 8.26. The van der Waals surface area contributed by atoms with Gasteiger partial charge in [-0.25, -0.2) is 0 Å². The molecule has 144 valence electrons. The predicted octanol–water partition coefficient (Wildman–Crippen LogP) is 2.78. The van der Waals surface area contributed by atoms with E-state index in [4.69, 9.17) is 0 Å². The molecule has 1 fully saturated rings. The summed E-state index contributed by atoms with van der Waals surface area (Å²) in [5.74, 6) is 0.000970. The smallest absolute Gasteiger partial charge is 0.251 e. The summed E-state index contributed by atoms with van der Waals surface area (Å²) in [5.41, 5.74) is 1.75. The molecule has 3 rings (SSSR count). The predicted molar refractivity (Wildman–Crippen MR) is 104 cm³/mol. The number of benzene rings is 1. The van der Waals surface area contributed by atoms with Gasteiger partial charge in [0.2, 0.25) is 5.91 Å². The molecule has 1 atom stereocenters. The Labute approximate surface area is 160 Å². The molecule has 1 aromatic carbocycles. The lowest BCUT2D eigenvalue weighted by molar-refractivity contribution is -0.134. The van der Waals surface area contributed by atoms with Crippen molar-refractivity contribution in [3.63, 3.8) is 0 Å². The molecule has 0 spiro atoms. The maximum Gasteiger partial charge on any atom is 0.251 e. The maximum atomic E-state index is 12.7. The molecule has 0 saturated carbocycles. The number of hydrogen-bond donors (Lipinski definition) is 1. The number of aromatic nitrogens is 2. The summed E-state index contributed by atoms with van der Waals surface area (Å²) in [4.78, 5) is 26.9. The van der Waals surface area contributed by atoms with E-state index >= 15 is 0 Å². The number of carbonyl (C=O) groups excluding carboxylic acids is 2. The van der Waals surface area contributed by atoms with Crippen LogP contribution in [0.3, 0.4) is 0 Å². The van der Waals surface area contributed by atoms with Gasteiger partial charge in [-0.3, -0.25) is 14.3 Å². The zero-order chi connectivity index (χ0) is 19.1. The van der Waals surface area contributed by atoms with Gasteiger partial charge in [0.1, 0.15) is 0 Å². The zero-order valence-corrected chi connectivity index (χ0v) is 15.9. The van der Waals surface area contributed by atoms with Crippen molar-refractivity contribution in [2.45, 2.75) is 51.6 Å². The van der Waals surface area contributed by atoms with Gasteiger partial charge in [-0.15, -0.1) is 0 Å². The van der Waals surface area contributed by atoms with E-state index in [-0.39, 0.29) is 17.9 Å². The number of aryl methyl sites for hydroxylation is 2. The molecule has 27 heavy (non-hydrogen) atoms. The lowest BCUT2D eigenvalue weighted by Gasteiger charge is -2.36. The Morgan fingerprint density at radius 3 is 2.78 bits per heavy atom. The van der Waals surface area contributed by atoms with Crippen LogP contribution in [0.25, 0.3) is 0 Å². The summed E-state index contributed by atoms with van der Waals surface area (Å²) < 4.78 is 1.92. The van der Waals surface area contributed by atoms with Gasteiger partial charge in [0.25, 0.3) is 5.91 Å². The van der Waals surface area contributed by atoms with E-state index < -0.39 is 0 Å². The molecular weight excluding hydrogens is 340 g/mol. The molecule has 1 aliphatic heterocycles. The second-order valence-electron chi connectivity index (χ2n) is 7.17. The van der Waals surface area contributed by atoms with E-state index in [1.54, 1.807) is 6.20 Å². The van der Waals surface area contributed by atoms with Crippen LogP contribution in [-0.4, -0.2) is 45.6 Å². The second-order valence-corrected chi connectivity index (χ2v) is 7.17. The van der Waals surface area contributed by atoms with Gasteiger partial charge in [0.05, 0.1) is 0 Å². The van der Waals surface area contributed by atoms with Crippen molar-refractivity contribution in [2.75, 3.05) is 13.1 Å². The van der Waals surface area contributed by atoms with Crippen molar-refractivity contribution < 1.29 is 9.59 Å². The van der Waals surface area contributed by atoms with Crippen LogP contribution in [0, 0.1) is 6.92 Å². The average molecular weight is 368 g/mol. The van der Waals surface area contributed by atoms with Crippen LogP contribution in [0.2, 0.25) is 0 Å². The Balaban J connectivity index is 1.46. The normalized spacial score (nSPS) is 16.9. The molecule has 0 bridgehead atoms. The Kier molecular flexibility index (Phi) is 6.63. The summed E-state index contributed by atoms with van der Waals surface area (Å²) in [5, 5.41) is 7.10. The number of hydrogen-bond acceptors (Lipinski definition) is 3. The van der Waals surface area contributed by atoms with Gasteiger partial charge >= 0.3 is 0 Å². The molecule has 2 aromatic rings. The number of likely N-dealkylation sites (tertiary alicyclic amines) is 1. The van der Waals surface area contributed by atoms with Crippen molar-refractivity contribution in [2.24, 2.45) is 0 Å². The van der Waals surface area contributed by atoms with E-state index in [1.807, 2.05) is 53.0 Å². The van der Waals surface area contributed by atoms with Crippen LogP contribution in [0.15, 0.2) is 42.7 Å². The minimum Gasteiger partial charge on any atom is -0.352 e. The number of nitrogens with zero attached hydrogens (tertiary/aromatic N) is 3. The lowest BCUT2D eigenvalue weighted by Crippen LogP contribution is -2.45. The fourth-order valence-corrected chi connectivity index (χ4v) is 3.58. The highest BCUT2D eigenvalue weighted by Gasteiger charge is 2.26. The molecule has 1 aromatic heterocycles. The molecule has 1 N–H and O–H groups in total. The molecular formula is C21H28N4O2. The van der Waals surface area contributed by atoms with Crippen molar-refractivity contribution in [3.8, 4) is 0 Å². The molecule has 6 heteroatoms. The van der Waals surface area contributed by atoms with Crippen LogP contribution in [0.5, 0.6) is 0 Å². The third-order valence-corrected chi connectivity index (χ3v) is 5.14. The minimum absolute atomic E-state index is 0.128. The van der Waals surface area contributed by atoms with E-state index in [0.717, 1.165) is 44.3 Å². The van der Waals surface area contributed by atoms with Crippen LogP contribution < -0.4 is 5.32 Å². The van der Waals surface area contributed by atoms with Crippen molar-refractivity contribution >= 4 is 11.8 Å². The zero-order valence-electron chi connectivity index (χ0n) is 15.9. The first-order valence-corrected chi connectivity index (χ1v) is 9.75. The van der Waals surface area contributed by atoms with Crippen LogP contribution >= 0.6 is 0 Å². The molecule has 6 nitrogen and oxygen atoms in total. The standard InChI is InChI=1S/C21H28N4O2/c1-17-6-8-18(9-7-17)21(27)22-13-10-20(26)25-15-3-2-5-19(25)11-16-24-14-4-12-23-24/h4,6-9,12,14,19H,2-3,5,10-11,13,15-16H2,1H3,(H,22,27)/t19-/m1/s1. The van der Waals surface area contributed by atoms with Crippen molar-refractivity contribution in [3.05, 3.63) is 53.9 Å². The van der Waals surface area contributed by atoms with E-state index in [9.17, 15) is 9.59 Å². The fraction of sp³-hybridized carbons (Fsp3) is 0.476. The second kappa shape index (κ2) is 9.35. The molecule has 2 amide bonds. The topological polar surface area (TPSA) is 67.2 Å². The average Bonchev–Trinajstić information content (AvgIpc) is 3.20. The highest BCUT2D eigenvalue weighted by atomic mass is 16.2. The third kappa shape index (κ3) is 5.42. The number of rotatable bonds is 7. The number of piperidine rings is 1. The van der Waals surface area contributed by atoms with Crippen LogP contribution in [-0.2, 0) is 11.3 Å². The molecule has 1 saturated heterocycles. The molecule has 0 radical (unpaired) electrons. The molecule has 2 heterocycles. The van der Waals surface area contributed by atoms with Crippen LogP contribution in [0.1, 0.15) is 48.0 Å². The van der Waals surface area contributed by atoms with Gasteiger partial charge in [-0.1, -0.05) is 17.7 Å². The Bertz CT molecular complexity index is 740. The SMILES string of the molecule is Cc1ccc(C(=O)NCCC(=O)N2CCCC[C@@H]2CCn2cccn2)cc1. The largest absolute Gasteiger partial charge is 0.352 e. The van der Waals surface area contributed by atoms with E-state index in [1.165, 1.54) is 0 Å². The van der Waals surface area contributed by atoms with Gasteiger partial charge < -0.3 is 10.2 Å². The first-order chi connectivity index (χ1) is 13.1. The van der Waals surface area contributed by atoms with Crippen molar-refractivity contribution in [1.82, 2.24) is 20.0 Å². The quantitative estimate of drug-likeness (QED) is 0.817. The third-order valence-electron chi connectivity index (χ3n) is 5.14. The van der Waals surface area contributed by atoms with Crippen molar-refractivity contribution in [1.29, 1.82) is 0 Å². The number of nitrogens with one attached hydrogen (secondary N) is 1. The first-order valence-electron chi connectivity index (χ1n) is 9.75. The Hall–Kier alpha value is -2.63. The Morgan fingerprint density at radius 2 is 2.04 bits per heavy atom. The summed E-state index contributed by atoms with van der Waals surface area (Å²) in [6, 6.07) is 9.63. The van der Waals surface area contributed by atoms with Gasteiger partial charge in [0.15, 0.2) is 0 Å². The minimum atomic E-state index is -0.128. The highest BCUT2D eigenvalue weighted by Crippen LogP contribution is 2.21. The molecule has 1 aliphatic rings. The summed E-state index contributed by atoms with van der Waals surface area (Å²) >= 11 is 0. The summed E-state index contributed by atoms with van der Waals surface area (Å²) in [6.45, 7) is 4.00. The molecule has 0 unspecified atom stereocenters. The monoisotopic (exact) mass is 368 g/mol. The summed E-state index contributed by atoms with van der Waals surface area (Å²) in [7, 11) is 0. The lowest BCUT2D eigenvalue weighted by atomic mass is 9.99. The van der Waals surface area contributed by atoms with Gasteiger partial charge in [0, 0.05) is 50.1 Å². The maximum absolute atomic E-state index is 12.7. The number of amides is 2. The Morgan fingerprint density at radius 1 is 1.22 bits per heavy atom. The fourth-order valence-electron chi connectivity index (χ4n) is 3.58. The van der Waals surface area contributed by atoms with E-state index in [0.29, 0.717) is 18.5 Å². The molecule has 0 aliphatic carbocycles. The number of carbonyl (C=O) groups is 2. The first kappa shape index (κ1) is 19.1. The highest BCUT2D eigenvalue weighted by molar-refractivity contribution is 5.94. The van der Waals surface area contributed by atoms with Crippen LogP contribution in [0.4, 0.5) is 0 Å². The van der Waals surface area contributed by atoms with Gasteiger partial charge in [-0.2, -0.15) is 5.10 Å². The van der Waals surface area contributed by atoms with E-state index in [2.05, 4.69) is 10.4 Å². The van der Waals surface area contributed by atoms with Gasteiger partial charge in [-0.05, 0) is 50.8 Å².